The highest BCUT2D eigenvalue weighted by atomic mass is 16.1. The summed E-state index contributed by atoms with van der Waals surface area (Å²) in [7, 11) is 0. The molecule has 0 saturated carbocycles. The average Bonchev–Trinajstić information content (AvgIpc) is 2.84. The van der Waals surface area contributed by atoms with Crippen LogP contribution in [0.2, 0.25) is 0 Å². The molecule has 0 atom stereocenters. The summed E-state index contributed by atoms with van der Waals surface area (Å²) >= 11 is 0. The van der Waals surface area contributed by atoms with Gasteiger partial charge in [0.05, 0.1) is 11.0 Å². The summed E-state index contributed by atoms with van der Waals surface area (Å²) in [5.74, 6) is -0.0817. The molecule has 4 aromatic carbocycles. The zero-order chi connectivity index (χ0) is 21.5. The van der Waals surface area contributed by atoms with E-state index in [0.29, 0.717) is 12.1 Å². The lowest BCUT2D eigenvalue weighted by Gasteiger charge is -2.05. The number of aromatic nitrogens is 1. The highest BCUT2D eigenvalue weighted by Crippen LogP contribution is 2.21. The smallest absolute Gasteiger partial charge is 0.255 e. The Bertz CT molecular complexity index is 1300. The lowest BCUT2D eigenvalue weighted by atomic mass is 10.1. The van der Waals surface area contributed by atoms with Crippen molar-refractivity contribution < 1.29 is 4.79 Å². The van der Waals surface area contributed by atoms with Crippen LogP contribution in [-0.4, -0.2) is 10.9 Å². The number of nitrogens with zero attached hydrogens (tertiary/aromatic N) is 1. The second kappa shape index (κ2) is 9.65. The minimum Gasteiger partial charge on any atom is -0.326 e. The summed E-state index contributed by atoms with van der Waals surface area (Å²) in [5, 5.41) is 5.14. The normalized spacial score (nSPS) is 10.4. The number of fused-ring (bicyclic) bond motifs is 2. The van der Waals surface area contributed by atoms with Crippen molar-refractivity contribution in [1.82, 2.24) is 4.98 Å². The Morgan fingerprint density at radius 2 is 1.39 bits per heavy atom. The van der Waals surface area contributed by atoms with Crippen molar-refractivity contribution in [2.75, 3.05) is 5.32 Å². The van der Waals surface area contributed by atoms with Crippen LogP contribution < -0.4 is 11.1 Å². The molecule has 0 aliphatic rings. The van der Waals surface area contributed by atoms with Crippen molar-refractivity contribution >= 4 is 33.4 Å². The van der Waals surface area contributed by atoms with Crippen molar-refractivity contribution in [3.63, 3.8) is 0 Å². The number of hydrogen-bond acceptors (Lipinski definition) is 3. The molecule has 4 nitrogen and oxygen atoms in total. The lowest BCUT2D eigenvalue weighted by molar-refractivity contribution is 0.102. The van der Waals surface area contributed by atoms with E-state index in [-0.39, 0.29) is 5.91 Å². The molecule has 0 radical (unpaired) electrons. The van der Waals surface area contributed by atoms with Gasteiger partial charge >= 0.3 is 0 Å². The molecule has 152 valence electrons. The second-order valence-electron chi connectivity index (χ2n) is 7.06. The predicted octanol–water partition coefficient (Wildman–Crippen LogP) is 5.79. The van der Waals surface area contributed by atoms with Gasteiger partial charge in [0.2, 0.25) is 0 Å². The molecule has 5 rings (SSSR count). The molecule has 0 saturated heterocycles. The van der Waals surface area contributed by atoms with Gasteiger partial charge in [-0.05, 0) is 42.0 Å². The summed E-state index contributed by atoms with van der Waals surface area (Å²) in [6.07, 6.45) is 0. The number of amides is 1. The standard InChI is InChI=1S/C14H12N2.C13H11NO/c15-9-12-6-3-5-11-8-10-4-1-2-7-13(10)16-14(11)12;15-13(11-7-3-1-4-8-11)14-12-9-5-2-6-10-12/h1-8H,9,15H2;1-10H,(H,14,15). The maximum absolute atomic E-state index is 11.7. The maximum atomic E-state index is 11.7. The molecule has 0 fully saturated rings. The molecular weight excluding hydrogens is 382 g/mol. The first-order valence-corrected chi connectivity index (χ1v) is 10.1. The monoisotopic (exact) mass is 405 g/mol. The summed E-state index contributed by atoms with van der Waals surface area (Å²) < 4.78 is 0. The first kappa shape index (κ1) is 20.3. The quantitative estimate of drug-likeness (QED) is 0.374. The zero-order valence-electron chi connectivity index (χ0n) is 17.0. The average molecular weight is 406 g/mol. The van der Waals surface area contributed by atoms with Crippen molar-refractivity contribution in [3.05, 3.63) is 120 Å². The van der Waals surface area contributed by atoms with E-state index < -0.39 is 0 Å². The number of nitrogens with two attached hydrogens (primary N) is 1. The van der Waals surface area contributed by atoms with Gasteiger partial charge in [-0.2, -0.15) is 0 Å². The third kappa shape index (κ3) is 4.94. The van der Waals surface area contributed by atoms with E-state index in [1.807, 2.05) is 78.9 Å². The molecule has 31 heavy (non-hydrogen) atoms. The van der Waals surface area contributed by atoms with E-state index >= 15 is 0 Å². The molecule has 0 aliphatic carbocycles. The zero-order valence-corrected chi connectivity index (χ0v) is 17.0. The number of para-hydroxylation sites is 3. The SMILES string of the molecule is NCc1cccc2cc3ccccc3nc12.O=C(Nc1ccccc1)c1ccccc1. The Labute approximate surface area is 181 Å². The number of carbonyl (C=O) groups excluding carboxylic acids is 1. The van der Waals surface area contributed by atoms with Crippen molar-refractivity contribution in [2.45, 2.75) is 6.54 Å². The van der Waals surface area contributed by atoms with Gasteiger partial charge in [-0.3, -0.25) is 4.79 Å². The number of carbonyl (C=O) groups is 1. The molecule has 1 amide bonds. The molecule has 0 spiro atoms. The van der Waals surface area contributed by atoms with Crippen LogP contribution in [0.1, 0.15) is 15.9 Å². The summed E-state index contributed by atoms with van der Waals surface area (Å²) in [4.78, 5) is 16.4. The van der Waals surface area contributed by atoms with Crippen LogP contribution in [0.4, 0.5) is 5.69 Å². The Balaban J connectivity index is 0.000000150. The van der Waals surface area contributed by atoms with E-state index in [9.17, 15) is 4.79 Å². The largest absolute Gasteiger partial charge is 0.326 e. The van der Waals surface area contributed by atoms with Gasteiger partial charge in [0, 0.05) is 28.6 Å². The van der Waals surface area contributed by atoms with E-state index in [4.69, 9.17) is 5.73 Å². The lowest BCUT2D eigenvalue weighted by Crippen LogP contribution is -2.11. The van der Waals surface area contributed by atoms with Gasteiger partial charge in [0.25, 0.3) is 5.91 Å². The topological polar surface area (TPSA) is 68.0 Å². The van der Waals surface area contributed by atoms with E-state index in [1.165, 1.54) is 5.39 Å². The van der Waals surface area contributed by atoms with Crippen LogP contribution in [0.15, 0.2) is 109 Å². The fourth-order valence-electron chi connectivity index (χ4n) is 3.34. The number of nitrogens with one attached hydrogen (secondary N) is 1. The third-order valence-corrected chi connectivity index (χ3v) is 4.92. The molecule has 1 aromatic heterocycles. The van der Waals surface area contributed by atoms with Crippen molar-refractivity contribution in [3.8, 4) is 0 Å². The molecule has 0 unspecified atom stereocenters. The Hall–Kier alpha value is -4.02. The van der Waals surface area contributed by atoms with Gasteiger partial charge in [-0.25, -0.2) is 4.98 Å². The van der Waals surface area contributed by atoms with Crippen LogP contribution in [0.3, 0.4) is 0 Å². The number of hydrogen-bond donors (Lipinski definition) is 2. The van der Waals surface area contributed by atoms with E-state index in [0.717, 1.165) is 27.7 Å². The molecule has 1 heterocycles. The number of pyridine rings is 1. The number of benzene rings is 4. The number of anilines is 1. The predicted molar refractivity (Wildman–Crippen MR) is 128 cm³/mol. The first-order valence-electron chi connectivity index (χ1n) is 10.1. The summed E-state index contributed by atoms with van der Waals surface area (Å²) in [6, 6.07) is 35.0. The van der Waals surface area contributed by atoms with Gasteiger partial charge in [0.1, 0.15) is 0 Å². The highest BCUT2D eigenvalue weighted by molar-refractivity contribution is 6.04. The van der Waals surface area contributed by atoms with Crippen LogP contribution in [-0.2, 0) is 6.54 Å². The van der Waals surface area contributed by atoms with Crippen LogP contribution in [0.25, 0.3) is 21.8 Å². The molecule has 3 N–H and O–H groups in total. The minimum absolute atomic E-state index is 0.0817. The molecule has 5 aromatic rings. The van der Waals surface area contributed by atoms with Crippen LogP contribution in [0.5, 0.6) is 0 Å². The van der Waals surface area contributed by atoms with Crippen LogP contribution in [0, 0.1) is 0 Å². The maximum Gasteiger partial charge on any atom is 0.255 e. The minimum atomic E-state index is -0.0817. The highest BCUT2D eigenvalue weighted by Gasteiger charge is 2.04. The van der Waals surface area contributed by atoms with E-state index in [2.05, 4.69) is 28.5 Å². The number of rotatable bonds is 3. The molecular formula is C27H23N3O. The molecule has 4 heteroatoms. The van der Waals surface area contributed by atoms with Crippen molar-refractivity contribution in [2.24, 2.45) is 5.73 Å². The summed E-state index contributed by atoms with van der Waals surface area (Å²) in [5.41, 5.74) is 10.3. The first-order chi connectivity index (χ1) is 15.2. The van der Waals surface area contributed by atoms with Gasteiger partial charge in [-0.1, -0.05) is 72.8 Å². The third-order valence-electron chi connectivity index (χ3n) is 4.92. The summed E-state index contributed by atoms with van der Waals surface area (Å²) in [6.45, 7) is 0.530. The van der Waals surface area contributed by atoms with Crippen molar-refractivity contribution in [1.29, 1.82) is 0 Å². The Kier molecular flexibility index (Phi) is 6.31. The molecule has 0 bridgehead atoms. The second-order valence-corrected chi connectivity index (χ2v) is 7.06. The van der Waals surface area contributed by atoms with E-state index in [1.54, 1.807) is 12.1 Å². The fourth-order valence-corrected chi connectivity index (χ4v) is 3.34. The fraction of sp³-hybridized carbons (Fsp3) is 0.0370. The van der Waals surface area contributed by atoms with Crippen LogP contribution >= 0.6 is 0 Å². The van der Waals surface area contributed by atoms with Gasteiger partial charge in [-0.15, -0.1) is 0 Å². The Morgan fingerprint density at radius 3 is 2.13 bits per heavy atom. The Morgan fingerprint density at radius 1 is 0.742 bits per heavy atom. The molecule has 0 aliphatic heterocycles. The van der Waals surface area contributed by atoms with Gasteiger partial charge in [0.15, 0.2) is 0 Å². The van der Waals surface area contributed by atoms with Gasteiger partial charge < -0.3 is 11.1 Å².